The third-order valence-electron chi connectivity index (χ3n) is 6.43. The molecule has 0 saturated carbocycles. The summed E-state index contributed by atoms with van der Waals surface area (Å²) in [5, 5.41) is 0. The van der Waals surface area contributed by atoms with Crippen molar-refractivity contribution in [3.05, 3.63) is 94.3 Å². The molecule has 1 aliphatic heterocycles. The molecule has 5 rings (SSSR count). The van der Waals surface area contributed by atoms with Gasteiger partial charge in [0.2, 0.25) is 0 Å². The highest BCUT2D eigenvalue weighted by Crippen LogP contribution is 2.42. The van der Waals surface area contributed by atoms with Crippen LogP contribution < -0.4 is 9.47 Å². The summed E-state index contributed by atoms with van der Waals surface area (Å²) < 4.78 is 32.2. The van der Waals surface area contributed by atoms with E-state index in [9.17, 15) is 4.39 Å². The fourth-order valence-electron chi connectivity index (χ4n) is 4.84. The van der Waals surface area contributed by atoms with Crippen molar-refractivity contribution in [3.8, 4) is 11.5 Å². The van der Waals surface area contributed by atoms with Crippen molar-refractivity contribution < 1.29 is 18.6 Å². The molecule has 0 amide bonds. The molecule has 0 fully saturated rings. The van der Waals surface area contributed by atoms with Crippen molar-refractivity contribution in [2.24, 2.45) is 0 Å². The average molecular weight is 419 g/mol. The Labute approximate surface area is 182 Å². The first kappa shape index (κ1) is 20.1. The average Bonchev–Trinajstić information content (AvgIpc) is 3.40. The van der Waals surface area contributed by atoms with Crippen LogP contribution in [0.3, 0.4) is 0 Å². The second kappa shape index (κ2) is 8.72. The van der Waals surface area contributed by atoms with Gasteiger partial charge in [0.05, 0.1) is 6.61 Å². The van der Waals surface area contributed by atoms with Gasteiger partial charge in [-0.1, -0.05) is 42.5 Å². The summed E-state index contributed by atoms with van der Waals surface area (Å²) in [6.07, 6.45) is 3.10. The number of methoxy groups -OCH3 is 1. The Morgan fingerprint density at radius 2 is 1.94 bits per heavy atom. The van der Waals surface area contributed by atoms with E-state index in [2.05, 4.69) is 18.2 Å². The van der Waals surface area contributed by atoms with Gasteiger partial charge in [-0.15, -0.1) is 0 Å². The normalized spacial score (nSPS) is 19.0. The zero-order chi connectivity index (χ0) is 21.2. The molecule has 0 saturated heterocycles. The molecular formula is C27H27FO3. The maximum absolute atomic E-state index is 14.8. The molecule has 3 nitrogen and oxygen atoms in total. The van der Waals surface area contributed by atoms with Crippen molar-refractivity contribution in [2.45, 2.75) is 37.7 Å². The zero-order valence-corrected chi connectivity index (χ0v) is 17.8. The Morgan fingerprint density at radius 3 is 2.77 bits per heavy atom. The number of fused-ring (bicyclic) bond motifs is 2. The molecule has 2 aliphatic rings. The van der Waals surface area contributed by atoms with Gasteiger partial charge >= 0.3 is 0 Å². The molecule has 2 atom stereocenters. The number of ether oxygens (including phenoxy) is 3. The van der Waals surface area contributed by atoms with E-state index in [4.69, 9.17) is 14.2 Å². The highest BCUT2D eigenvalue weighted by Gasteiger charge is 2.31. The third-order valence-corrected chi connectivity index (χ3v) is 6.43. The van der Waals surface area contributed by atoms with Gasteiger partial charge in [0.25, 0.3) is 0 Å². The van der Waals surface area contributed by atoms with Gasteiger partial charge in [-0.3, -0.25) is 0 Å². The third kappa shape index (κ3) is 4.05. The van der Waals surface area contributed by atoms with Crippen molar-refractivity contribution in [2.75, 3.05) is 20.3 Å². The van der Waals surface area contributed by atoms with Gasteiger partial charge in [0, 0.05) is 36.8 Å². The van der Waals surface area contributed by atoms with Crippen LogP contribution in [0.15, 0.2) is 60.7 Å². The maximum Gasteiger partial charge on any atom is 0.130 e. The molecule has 3 aromatic carbocycles. The van der Waals surface area contributed by atoms with Crippen LogP contribution in [0.25, 0.3) is 0 Å². The van der Waals surface area contributed by atoms with Crippen LogP contribution in [0.5, 0.6) is 11.5 Å². The number of hydrogen-bond acceptors (Lipinski definition) is 3. The molecule has 0 spiro atoms. The minimum absolute atomic E-state index is 0.175. The predicted molar refractivity (Wildman–Crippen MR) is 119 cm³/mol. The standard InChI is InChI=1S/C27H27FO3/c1-29-14-13-20-17-30-26-16-21(8-9-22(20)26)31-25-12-10-23-19(7-11-24(28)27(23)25)15-18-5-3-2-4-6-18/h2-9,11,16,20,25H,10,12-15,17H2,1H3. The van der Waals surface area contributed by atoms with Crippen molar-refractivity contribution >= 4 is 0 Å². The van der Waals surface area contributed by atoms with Gasteiger partial charge in [-0.05, 0) is 54.5 Å². The van der Waals surface area contributed by atoms with E-state index in [0.29, 0.717) is 18.1 Å². The highest BCUT2D eigenvalue weighted by molar-refractivity contribution is 5.47. The lowest BCUT2D eigenvalue weighted by Gasteiger charge is -2.17. The fourth-order valence-corrected chi connectivity index (χ4v) is 4.84. The lowest BCUT2D eigenvalue weighted by Crippen LogP contribution is -2.07. The summed E-state index contributed by atoms with van der Waals surface area (Å²) in [4.78, 5) is 0. The zero-order valence-electron chi connectivity index (χ0n) is 17.8. The number of rotatable bonds is 7. The van der Waals surface area contributed by atoms with Crippen LogP contribution in [0.4, 0.5) is 4.39 Å². The van der Waals surface area contributed by atoms with Crippen molar-refractivity contribution in [3.63, 3.8) is 0 Å². The van der Waals surface area contributed by atoms with E-state index in [1.165, 1.54) is 16.7 Å². The summed E-state index contributed by atoms with van der Waals surface area (Å²) in [6.45, 7) is 1.39. The molecule has 0 N–H and O–H groups in total. The van der Waals surface area contributed by atoms with Crippen LogP contribution in [0.1, 0.15) is 52.7 Å². The second-order valence-corrected chi connectivity index (χ2v) is 8.40. The Bertz CT molecular complexity index is 1060. The van der Waals surface area contributed by atoms with E-state index >= 15 is 0 Å². The summed E-state index contributed by atoms with van der Waals surface area (Å²) >= 11 is 0. The molecule has 0 aromatic heterocycles. The summed E-state index contributed by atoms with van der Waals surface area (Å²) in [6, 6.07) is 19.9. The van der Waals surface area contributed by atoms with Gasteiger partial charge in [-0.25, -0.2) is 4.39 Å². The minimum atomic E-state index is -0.269. The molecule has 3 aromatic rings. The highest BCUT2D eigenvalue weighted by atomic mass is 19.1. The Hall–Kier alpha value is -2.85. The number of benzene rings is 3. The quantitative estimate of drug-likeness (QED) is 0.471. The minimum Gasteiger partial charge on any atom is -0.493 e. The SMILES string of the molecule is COCCC1COc2cc(OC3CCc4c(Cc5ccccc5)ccc(F)c43)ccc21. The number of hydrogen-bond donors (Lipinski definition) is 0. The summed E-state index contributed by atoms with van der Waals surface area (Å²) in [7, 11) is 1.72. The van der Waals surface area contributed by atoms with Crippen LogP contribution in [0.2, 0.25) is 0 Å². The van der Waals surface area contributed by atoms with E-state index in [0.717, 1.165) is 49.4 Å². The van der Waals surface area contributed by atoms with Crippen LogP contribution in [0, 0.1) is 5.82 Å². The topological polar surface area (TPSA) is 27.7 Å². The molecule has 1 heterocycles. The maximum atomic E-state index is 14.8. The van der Waals surface area contributed by atoms with Crippen LogP contribution in [-0.2, 0) is 17.6 Å². The van der Waals surface area contributed by atoms with Gasteiger partial charge in [0.1, 0.15) is 23.4 Å². The second-order valence-electron chi connectivity index (χ2n) is 8.40. The monoisotopic (exact) mass is 418 g/mol. The van der Waals surface area contributed by atoms with Crippen LogP contribution >= 0.6 is 0 Å². The van der Waals surface area contributed by atoms with E-state index < -0.39 is 0 Å². The largest absolute Gasteiger partial charge is 0.493 e. The Morgan fingerprint density at radius 1 is 1.06 bits per heavy atom. The molecule has 2 unspecified atom stereocenters. The van der Waals surface area contributed by atoms with E-state index in [1.54, 1.807) is 13.2 Å². The fraction of sp³-hybridized carbons (Fsp3) is 0.333. The van der Waals surface area contributed by atoms with Crippen LogP contribution in [-0.4, -0.2) is 20.3 Å². The van der Waals surface area contributed by atoms with Gasteiger partial charge < -0.3 is 14.2 Å². The van der Waals surface area contributed by atoms with E-state index in [-0.39, 0.29) is 11.9 Å². The summed E-state index contributed by atoms with van der Waals surface area (Å²) in [5.74, 6) is 1.78. The first-order valence-electron chi connectivity index (χ1n) is 11.0. The Kier molecular flexibility index (Phi) is 5.65. The van der Waals surface area contributed by atoms with Gasteiger partial charge in [-0.2, -0.15) is 0 Å². The predicted octanol–water partition coefficient (Wildman–Crippen LogP) is 6.00. The smallest absolute Gasteiger partial charge is 0.130 e. The molecular weight excluding hydrogens is 391 g/mol. The number of halogens is 1. The molecule has 0 radical (unpaired) electrons. The molecule has 160 valence electrons. The lowest BCUT2D eigenvalue weighted by molar-refractivity contribution is 0.181. The van der Waals surface area contributed by atoms with Crippen molar-refractivity contribution in [1.29, 1.82) is 0 Å². The first-order valence-corrected chi connectivity index (χ1v) is 11.0. The molecule has 0 bridgehead atoms. The molecule has 1 aliphatic carbocycles. The van der Waals surface area contributed by atoms with E-state index in [1.807, 2.05) is 36.4 Å². The van der Waals surface area contributed by atoms with Gasteiger partial charge in [0.15, 0.2) is 0 Å². The molecule has 4 heteroatoms. The Balaban J connectivity index is 1.36. The van der Waals surface area contributed by atoms with Crippen molar-refractivity contribution in [1.82, 2.24) is 0 Å². The molecule has 31 heavy (non-hydrogen) atoms. The first-order chi connectivity index (χ1) is 15.2. The lowest BCUT2D eigenvalue weighted by atomic mass is 9.96. The summed E-state index contributed by atoms with van der Waals surface area (Å²) in [5.41, 5.74) is 5.44.